The molecule has 23 heavy (non-hydrogen) atoms. The van der Waals surface area contributed by atoms with Crippen molar-refractivity contribution in [3.8, 4) is 0 Å². The highest BCUT2D eigenvalue weighted by Gasteiger charge is 2.34. The molecular formula is C15H20N4O3S. The van der Waals surface area contributed by atoms with Crippen molar-refractivity contribution in [3.63, 3.8) is 0 Å². The summed E-state index contributed by atoms with van der Waals surface area (Å²) in [4.78, 5) is 28.3. The largest absolute Gasteiger partial charge is 0.360 e. The molecule has 2 amide bonds. The molecule has 0 radical (unpaired) electrons. The summed E-state index contributed by atoms with van der Waals surface area (Å²) in [5.41, 5.74) is -0.225. The second-order valence-electron chi connectivity index (χ2n) is 5.63. The molecule has 2 heterocycles. The van der Waals surface area contributed by atoms with Gasteiger partial charge in [0.05, 0.1) is 18.3 Å². The first kappa shape index (κ1) is 17.1. The maximum atomic E-state index is 12.4. The van der Waals surface area contributed by atoms with Crippen molar-refractivity contribution in [2.75, 3.05) is 11.9 Å². The predicted molar refractivity (Wildman–Crippen MR) is 87.3 cm³/mol. The molecule has 2 aromatic rings. The first-order valence-corrected chi connectivity index (χ1v) is 8.25. The lowest BCUT2D eigenvalue weighted by Crippen LogP contribution is -2.34. The van der Waals surface area contributed by atoms with Crippen molar-refractivity contribution < 1.29 is 14.1 Å². The van der Waals surface area contributed by atoms with Crippen LogP contribution in [0.1, 0.15) is 38.6 Å². The van der Waals surface area contributed by atoms with Crippen LogP contribution in [0.4, 0.5) is 5.13 Å². The summed E-state index contributed by atoms with van der Waals surface area (Å²) in [6, 6.07) is 1.66. The molecule has 0 aliphatic rings. The van der Waals surface area contributed by atoms with Gasteiger partial charge in [-0.1, -0.05) is 12.1 Å². The van der Waals surface area contributed by atoms with E-state index >= 15 is 0 Å². The SMILES string of the molecule is CCCNC(=O)Cc1csc(NC(=O)C(C)(C)c2ccno2)n1. The van der Waals surface area contributed by atoms with Crippen molar-refractivity contribution in [1.82, 2.24) is 15.5 Å². The summed E-state index contributed by atoms with van der Waals surface area (Å²) in [6.07, 6.45) is 2.60. The van der Waals surface area contributed by atoms with Gasteiger partial charge >= 0.3 is 0 Å². The Hall–Kier alpha value is -2.22. The van der Waals surface area contributed by atoms with Crippen LogP contribution in [-0.4, -0.2) is 28.5 Å². The standard InChI is InChI=1S/C15H20N4O3S/c1-4-6-16-12(20)8-10-9-23-14(18-10)19-13(21)15(2,3)11-5-7-17-22-11/h5,7,9H,4,6,8H2,1-3H3,(H,16,20)(H,18,19,21). The number of aromatic nitrogens is 2. The van der Waals surface area contributed by atoms with Crippen LogP contribution in [0.2, 0.25) is 0 Å². The minimum absolute atomic E-state index is 0.0722. The highest BCUT2D eigenvalue weighted by molar-refractivity contribution is 7.13. The number of carbonyl (C=O) groups excluding carboxylic acids is 2. The van der Waals surface area contributed by atoms with E-state index in [4.69, 9.17) is 4.52 Å². The summed E-state index contributed by atoms with van der Waals surface area (Å²) in [5.74, 6) is 0.160. The van der Waals surface area contributed by atoms with Gasteiger partial charge in [-0.05, 0) is 20.3 Å². The molecule has 2 aromatic heterocycles. The van der Waals surface area contributed by atoms with E-state index in [-0.39, 0.29) is 18.2 Å². The zero-order chi connectivity index (χ0) is 16.9. The molecule has 0 aromatic carbocycles. The number of amides is 2. The fraction of sp³-hybridized carbons (Fsp3) is 0.467. The van der Waals surface area contributed by atoms with E-state index in [9.17, 15) is 9.59 Å². The van der Waals surface area contributed by atoms with Gasteiger partial charge in [-0.15, -0.1) is 11.3 Å². The Labute approximate surface area is 138 Å². The van der Waals surface area contributed by atoms with E-state index < -0.39 is 5.41 Å². The van der Waals surface area contributed by atoms with Gasteiger partial charge < -0.3 is 15.2 Å². The smallest absolute Gasteiger partial charge is 0.239 e. The number of anilines is 1. The first-order chi connectivity index (χ1) is 10.9. The van der Waals surface area contributed by atoms with E-state index in [0.29, 0.717) is 23.1 Å². The number of thiazole rings is 1. The summed E-state index contributed by atoms with van der Waals surface area (Å²) in [5, 5.41) is 11.4. The second kappa shape index (κ2) is 7.36. The van der Waals surface area contributed by atoms with Gasteiger partial charge in [0.25, 0.3) is 0 Å². The maximum absolute atomic E-state index is 12.4. The quantitative estimate of drug-likeness (QED) is 0.807. The molecule has 124 valence electrons. The first-order valence-electron chi connectivity index (χ1n) is 7.37. The fourth-order valence-electron chi connectivity index (χ4n) is 1.84. The van der Waals surface area contributed by atoms with Crippen molar-refractivity contribution in [3.05, 3.63) is 29.1 Å². The monoisotopic (exact) mass is 336 g/mol. The van der Waals surface area contributed by atoms with Crippen LogP contribution in [0.3, 0.4) is 0 Å². The van der Waals surface area contributed by atoms with Crippen LogP contribution in [-0.2, 0) is 21.4 Å². The third-order valence-electron chi connectivity index (χ3n) is 3.31. The van der Waals surface area contributed by atoms with Gasteiger partial charge in [0.1, 0.15) is 5.41 Å². The molecule has 0 aliphatic heterocycles. The Morgan fingerprint density at radius 2 is 2.17 bits per heavy atom. The zero-order valence-corrected chi connectivity index (χ0v) is 14.2. The van der Waals surface area contributed by atoms with Crippen LogP contribution in [0.25, 0.3) is 0 Å². The van der Waals surface area contributed by atoms with Crippen molar-refractivity contribution in [2.24, 2.45) is 0 Å². The van der Waals surface area contributed by atoms with Gasteiger partial charge in [-0.25, -0.2) is 4.98 Å². The molecule has 7 nitrogen and oxygen atoms in total. The molecule has 0 atom stereocenters. The van der Waals surface area contributed by atoms with Crippen LogP contribution >= 0.6 is 11.3 Å². The molecule has 8 heteroatoms. The average Bonchev–Trinajstić information content (AvgIpc) is 3.17. The number of hydrogen-bond acceptors (Lipinski definition) is 6. The van der Waals surface area contributed by atoms with Crippen molar-refractivity contribution in [1.29, 1.82) is 0 Å². The Kier molecular flexibility index (Phi) is 5.49. The van der Waals surface area contributed by atoms with Gasteiger partial charge in [0.2, 0.25) is 11.8 Å². The fourth-order valence-corrected chi connectivity index (χ4v) is 2.55. The van der Waals surface area contributed by atoms with Crippen LogP contribution in [0, 0.1) is 0 Å². The minimum atomic E-state index is -0.860. The maximum Gasteiger partial charge on any atom is 0.239 e. The summed E-state index contributed by atoms with van der Waals surface area (Å²) >= 11 is 1.29. The lowest BCUT2D eigenvalue weighted by Gasteiger charge is -2.19. The molecule has 0 bridgehead atoms. The third kappa shape index (κ3) is 4.38. The summed E-state index contributed by atoms with van der Waals surface area (Å²) in [7, 11) is 0. The van der Waals surface area contributed by atoms with E-state index in [2.05, 4.69) is 20.8 Å². The van der Waals surface area contributed by atoms with Crippen LogP contribution in [0.5, 0.6) is 0 Å². The minimum Gasteiger partial charge on any atom is -0.360 e. The summed E-state index contributed by atoms with van der Waals surface area (Å²) in [6.45, 7) is 6.14. The Bertz CT molecular complexity index is 664. The molecule has 0 spiro atoms. The van der Waals surface area contributed by atoms with Crippen LogP contribution < -0.4 is 10.6 Å². The van der Waals surface area contributed by atoms with Gasteiger partial charge in [-0.2, -0.15) is 0 Å². The zero-order valence-electron chi connectivity index (χ0n) is 13.4. The van der Waals surface area contributed by atoms with E-state index in [1.165, 1.54) is 17.5 Å². The van der Waals surface area contributed by atoms with Gasteiger partial charge in [0, 0.05) is 18.0 Å². The normalized spacial score (nSPS) is 11.3. The molecule has 0 saturated heterocycles. The third-order valence-corrected chi connectivity index (χ3v) is 4.11. The molecule has 0 unspecified atom stereocenters. The topological polar surface area (TPSA) is 97.1 Å². The Morgan fingerprint density at radius 1 is 1.39 bits per heavy atom. The van der Waals surface area contributed by atoms with E-state index in [1.807, 2.05) is 6.92 Å². The van der Waals surface area contributed by atoms with E-state index in [0.717, 1.165) is 6.42 Å². The van der Waals surface area contributed by atoms with E-state index in [1.54, 1.807) is 25.3 Å². The Morgan fingerprint density at radius 3 is 2.83 bits per heavy atom. The number of hydrogen-bond donors (Lipinski definition) is 2. The average molecular weight is 336 g/mol. The van der Waals surface area contributed by atoms with Gasteiger partial charge in [-0.3, -0.25) is 9.59 Å². The predicted octanol–water partition coefficient (Wildman–Crippen LogP) is 2.12. The molecule has 0 aliphatic carbocycles. The number of nitrogens with zero attached hydrogens (tertiary/aromatic N) is 2. The number of nitrogens with one attached hydrogen (secondary N) is 2. The van der Waals surface area contributed by atoms with Crippen molar-refractivity contribution in [2.45, 2.75) is 39.0 Å². The second-order valence-corrected chi connectivity index (χ2v) is 6.48. The lowest BCUT2D eigenvalue weighted by molar-refractivity contribution is -0.121. The lowest BCUT2D eigenvalue weighted by atomic mass is 9.89. The molecule has 2 rings (SSSR count). The highest BCUT2D eigenvalue weighted by atomic mass is 32.1. The van der Waals surface area contributed by atoms with Crippen LogP contribution in [0.15, 0.2) is 22.2 Å². The molecule has 2 N–H and O–H groups in total. The Balaban J connectivity index is 1.96. The number of rotatable bonds is 7. The van der Waals surface area contributed by atoms with Crippen molar-refractivity contribution >= 4 is 28.3 Å². The number of carbonyl (C=O) groups is 2. The summed E-state index contributed by atoms with van der Waals surface area (Å²) < 4.78 is 5.07. The molecule has 0 saturated carbocycles. The van der Waals surface area contributed by atoms with Gasteiger partial charge in [0.15, 0.2) is 10.9 Å². The molecule has 0 fully saturated rings. The molecular weight excluding hydrogens is 316 g/mol. The highest BCUT2D eigenvalue weighted by Crippen LogP contribution is 2.25.